The van der Waals surface area contributed by atoms with Gasteiger partial charge in [0.1, 0.15) is 10.7 Å². The molecule has 0 aliphatic rings. The molecule has 1 aromatic heterocycles. The van der Waals surface area contributed by atoms with Gasteiger partial charge >= 0.3 is 0 Å². The minimum atomic E-state index is -4.49. The molecule has 0 spiro atoms. The minimum Gasteiger partial charge on any atom is -0.368 e. The molecule has 0 radical (unpaired) electrons. The summed E-state index contributed by atoms with van der Waals surface area (Å²) in [5.41, 5.74) is 7.17. The first-order valence-electron chi connectivity index (χ1n) is 8.81. The van der Waals surface area contributed by atoms with Gasteiger partial charge < -0.3 is 11.1 Å². The molecule has 166 valence electrons. The highest BCUT2D eigenvalue weighted by Gasteiger charge is 2.19. The van der Waals surface area contributed by atoms with Crippen molar-refractivity contribution >= 4 is 37.2 Å². The topological polar surface area (TPSA) is 194 Å². The number of rotatable bonds is 6. The van der Waals surface area contributed by atoms with E-state index in [1.807, 2.05) is 0 Å². The van der Waals surface area contributed by atoms with Gasteiger partial charge in [0.05, 0.1) is 10.6 Å². The number of nitrogens with two attached hydrogens (primary N) is 2. The molecule has 7 N–H and O–H groups in total. The predicted molar refractivity (Wildman–Crippen MR) is 117 cm³/mol. The van der Waals surface area contributed by atoms with E-state index < -0.39 is 19.7 Å². The van der Waals surface area contributed by atoms with Crippen LogP contribution in [0.2, 0.25) is 0 Å². The van der Waals surface area contributed by atoms with Crippen molar-refractivity contribution in [3.05, 3.63) is 59.4 Å². The Kier molecular flexibility index (Phi) is 5.58. The zero-order chi connectivity index (χ0) is 23.1. The maximum atomic E-state index is 12.2. The van der Waals surface area contributed by atoms with E-state index in [2.05, 4.69) is 20.3 Å². The minimum absolute atomic E-state index is 0.0346. The Balaban J connectivity index is 1.96. The van der Waals surface area contributed by atoms with Gasteiger partial charge in [-0.2, -0.15) is 27.6 Å². The molecule has 0 amide bonds. The molecule has 2 aromatic carbocycles. The zero-order valence-corrected chi connectivity index (χ0v) is 18.3. The second-order valence-electron chi connectivity index (χ2n) is 7.22. The summed E-state index contributed by atoms with van der Waals surface area (Å²) >= 11 is 0. The van der Waals surface area contributed by atoms with Crippen LogP contribution in [0.5, 0.6) is 0 Å². The number of nitrogens with zero attached hydrogens (tertiary/aromatic N) is 3. The first-order chi connectivity index (χ1) is 14.2. The third-order valence-corrected chi connectivity index (χ3v) is 6.51. The third-order valence-electron chi connectivity index (χ3n) is 4.19. The molecule has 0 atom stereocenters. The van der Waals surface area contributed by atoms with Crippen LogP contribution >= 0.6 is 0 Å². The van der Waals surface area contributed by atoms with Crippen molar-refractivity contribution in [2.24, 2.45) is 5.14 Å². The number of aryl methyl sites for hydroxylation is 1. The van der Waals surface area contributed by atoms with Gasteiger partial charge in [0.15, 0.2) is 0 Å². The maximum absolute atomic E-state index is 12.2. The molecule has 13 heteroatoms. The van der Waals surface area contributed by atoms with Gasteiger partial charge in [-0.3, -0.25) is 9.11 Å². The first kappa shape index (κ1) is 22.7. The molecule has 1 heterocycles. The van der Waals surface area contributed by atoms with Crippen LogP contribution in [-0.4, -0.2) is 42.9 Å². The third kappa shape index (κ3) is 5.80. The zero-order valence-electron chi connectivity index (χ0n) is 16.7. The van der Waals surface area contributed by atoms with Crippen LogP contribution in [0.25, 0.3) is 0 Å². The molecule has 11 nitrogen and oxygen atoms in total. The molecule has 3 aromatic rings. The Morgan fingerprint density at radius 3 is 2.48 bits per heavy atom. The van der Waals surface area contributed by atoms with Crippen LogP contribution in [0, 0.1) is 6.92 Å². The Bertz CT molecular complexity index is 1330. The largest absolute Gasteiger partial charge is 0.368 e. The summed E-state index contributed by atoms with van der Waals surface area (Å²) in [5.74, 6) is 0.0681. The van der Waals surface area contributed by atoms with E-state index >= 15 is 0 Å². The summed E-state index contributed by atoms with van der Waals surface area (Å²) < 4.78 is 55.0. The standard InChI is InChI=1S/C18H22N6O5S2/c1-11-6-7-15(30(25,26)27)14(8-11)21-18-23-16(22-17(19)24-18)10-12-4-3-5-13(9-12)31(2,20,28)29/h3-9H,10H2,1-2H3,(H3,20,28,29)(H,25,26,27)(H3,19,21,22,23,24). The Hall–Kier alpha value is -2.97. The average molecular weight is 467 g/mol. The van der Waals surface area contributed by atoms with Gasteiger partial charge in [0.2, 0.25) is 11.9 Å². The van der Waals surface area contributed by atoms with Crippen molar-refractivity contribution in [3.63, 3.8) is 0 Å². The molecule has 31 heavy (non-hydrogen) atoms. The van der Waals surface area contributed by atoms with Gasteiger partial charge in [0, 0.05) is 12.7 Å². The lowest BCUT2D eigenvalue weighted by atomic mass is 10.1. The number of benzene rings is 2. The second-order valence-corrected chi connectivity index (χ2v) is 11.8. The lowest BCUT2D eigenvalue weighted by Gasteiger charge is -2.34. The smallest absolute Gasteiger partial charge is 0.296 e. The van der Waals surface area contributed by atoms with Crippen LogP contribution in [0.1, 0.15) is 17.0 Å². The van der Waals surface area contributed by atoms with Crippen molar-refractivity contribution in [3.8, 4) is 0 Å². The molecule has 0 saturated carbocycles. The fourth-order valence-corrected chi connectivity index (χ4v) is 4.28. The number of hydrogen-bond acceptors (Lipinski definition) is 8. The first-order valence-corrected chi connectivity index (χ1v) is 12.6. The molecule has 0 bridgehead atoms. The van der Waals surface area contributed by atoms with E-state index in [4.69, 9.17) is 10.9 Å². The summed E-state index contributed by atoms with van der Waals surface area (Å²) in [6.45, 7) is 1.75. The number of anilines is 3. The van der Waals surface area contributed by atoms with E-state index in [0.29, 0.717) is 5.56 Å². The average Bonchev–Trinajstić information content (AvgIpc) is 2.59. The lowest BCUT2D eigenvalue weighted by Crippen LogP contribution is -2.40. The van der Waals surface area contributed by atoms with Crippen molar-refractivity contribution in [2.45, 2.75) is 23.1 Å². The molecule has 0 aliphatic heterocycles. The van der Waals surface area contributed by atoms with Crippen molar-refractivity contribution in [1.29, 1.82) is 0 Å². The van der Waals surface area contributed by atoms with Crippen LogP contribution in [0.15, 0.2) is 52.3 Å². The van der Waals surface area contributed by atoms with E-state index in [9.17, 15) is 21.7 Å². The summed E-state index contributed by atoms with van der Waals surface area (Å²) in [4.78, 5) is 12.0. The maximum Gasteiger partial charge on any atom is 0.296 e. The summed E-state index contributed by atoms with van der Waals surface area (Å²) in [7, 11) is -8.91. The second kappa shape index (κ2) is 7.62. The highest BCUT2D eigenvalue weighted by atomic mass is 32.3. The Morgan fingerprint density at radius 1 is 1.13 bits per heavy atom. The molecule has 3 rings (SSSR count). The van der Waals surface area contributed by atoms with Gasteiger partial charge in [-0.1, -0.05) is 18.2 Å². The molecule has 0 aliphatic carbocycles. The van der Waals surface area contributed by atoms with Crippen LogP contribution in [0.3, 0.4) is 0 Å². The summed E-state index contributed by atoms with van der Waals surface area (Å²) in [5, 5.41) is 8.27. The molecule has 0 fully saturated rings. The van der Waals surface area contributed by atoms with Gasteiger partial charge in [-0.25, -0.2) is 5.14 Å². The lowest BCUT2D eigenvalue weighted by molar-refractivity contribution is 0.483. The fraction of sp³-hybridized carbons (Fsp3) is 0.167. The van der Waals surface area contributed by atoms with E-state index in [0.717, 1.165) is 11.8 Å². The van der Waals surface area contributed by atoms with Gasteiger partial charge in [-0.05, 0) is 42.3 Å². The van der Waals surface area contributed by atoms with Crippen molar-refractivity contribution < 1.29 is 21.7 Å². The van der Waals surface area contributed by atoms with E-state index in [1.54, 1.807) is 19.1 Å². The quantitative estimate of drug-likeness (QED) is 0.332. The fourth-order valence-electron chi connectivity index (χ4n) is 2.81. The number of nitrogen functional groups attached to an aromatic ring is 1. The number of aromatic nitrogens is 3. The molecular weight excluding hydrogens is 444 g/mol. The summed E-state index contributed by atoms with van der Waals surface area (Å²) in [6, 6.07) is 10.5. The van der Waals surface area contributed by atoms with Gasteiger partial charge in [-0.15, -0.1) is 9.53 Å². The van der Waals surface area contributed by atoms with Crippen LogP contribution in [0.4, 0.5) is 17.6 Å². The molecule has 0 unspecified atom stereocenters. The number of nitrogens with one attached hydrogen (secondary N) is 1. The van der Waals surface area contributed by atoms with Crippen molar-refractivity contribution in [1.82, 2.24) is 15.0 Å². The Morgan fingerprint density at radius 2 is 1.84 bits per heavy atom. The van der Waals surface area contributed by atoms with E-state index in [1.165, 1.54) is 30.3 Å². The molecule has 0 saturated heterocycles. The van der Waals surface area contributed by atoms with Gasteiger partial charge in [0.25, 0.3) is 10.1 Å². The van der Waals surface area contributed by atoms with E-state index in [-0.39, 0.29) is 39.6 Å². The molecular formula is C18H22N6O5S2. The predicted octanol–water partition coefficient (Wildman–Crippen LogP) is 1.50. The number of hydrogen-bond donors (Lipinski definition) is 5. The van der Waals surface area contributed by atoms with Crippen LogP contribution in [-0.2, 0) is 26.1 Å². The highest BCUT2D eigenvalue weighted by molar-refractivity contribution is 8.12. The summed E-state index contributed by atoms with van der Waals surface area (Å²) in [6.07, 6.45) is 1.19. The SMILES string of the molecule is Cc1ccc(S(=O)(=O)O)c(Nc2nc(N)nc(Cc3cccc(S(C)(N)(=O)O)c3)n2)c1. The normalized spacial score (nSPS) is 13.4. The van der Waals surface area contributed by atoms with Crippen molar-refractivity contribution in [2.75, 3.05) is 17.3 Å². The highest BCUT2D eigenvalue weighted by Crippen LogP contribution is 2.26. The monoisotopic (exact) mass is 466 g/mol. The Labute approximate surface area is 179 Å². The van der Waals surface area contributed by atoms with Crippen LogP contribution < -0.4 is 16.2 Å².